The number of aromatic nitrogens is 1. The average molecular weight is 284 g/mol. The van der Waals surface area contributed by atoms with Crippen LogP contribution in [0.2, 0.25) is 0 Å². The highest BCUT2D eigenvalue weighted by Gasteiger charge is 2.41. The molecule has 7 heteroatoms. The maximum absolute atomic E-state index is 12.7. The highest BCUT2D eigenvalue weighted by Crippen LogP contribution is 2.41. The van der Waals surface area contributed by atoms with Crippen LogP contribution in [0.15, 0.2) is 12.1 Å². The molecule has 0 bridgehead atoms. The van der Waals surface area contributed by atoms with Gasteiger partial charge in [-0.2, -0.15) is 18.4 Å². The van der Waals surface area contributed by atoms with Crippen molar-refractivity contribution in [2.75, 3.05) is 11.9 Å². The molecule has 108 valence electrons. The molecule has 0 aromatic carbocycles. The van der Waals surface area contributed by atoms with E-state index in [0.717, 1.165) is 25.0 Å². The molecule has 2 rings (SSSR count). The summed E-state index contributed by atoms with van der Waals surface area (Å²) in [7, 11) is 0. The number of alkyl halides is 3. The lowest BCUT2D eigenvalue weighted by Crippen LogP contribution is -2.45. The quantitative estimate of drug-likeness (QED) is 0.891. The smallest absolute Gasteiger partial charge is 0.362 e. The van der Waals surface area contributed by atoms with Crippen LogP contribution in [0.25, 0.3) is 0 Å². The normalized spacial score (nSPS) is 18.2. The number of nitriles is 1. The number of nitrogens with zero attached hydrogens (tertiary/aromatic N) is 2. The summed E-state index contributed by atoms with van der Waals surface area (Å²) in [5.41, 5.74) is 4.24. The third-order valence-corrected chi connectivity index (χ3v) is 3.61. The van der Waals surface area contributed by atoms with Crippen LogP contribution in [0.5, 0.6) is 0 Å². The molecular weight excluding hydrogens is 269 g/mol. The van der Waals surface area contributed by atoms with E-state index in [0.29, 0.717) is 5.92 Å². The Bertz CT molecular complexity index is 546. The zero-order chi connectivity index (χ0) is 15.0. The molecule has 1 aromatic heterocycles. The van der Waals surface area contributed by atoms with Gasteiger partial charge in [-0.1, -0.05) is 0 Å². The third kappa shape index (κ3) is 2.85. The number of pyridine rings is 1. The molecule has 4 nitrogen and oxygen atoms in total. The molecule has 0 amide bonds. The van der Waals surface area contributed by atoms with E-state index in [1.807, 2.05) is 13.0 Å². The monoisotopic (exact) mass is 284 g/mol. The van der Waals surface area contributed by atoms with Gasteiger partial charge in [0.15, 0.2) is 0 Å². The molecule has 1 saturated carbocycles. The Morgan fingerprint density at radius 2 is 2.10 bits per heavy atom. The Labute approximate surface area is 114 Å². The van der Waals surface area contributed by atoms with Crippen LogP contribution in [-0.4, -0.2) is 17.1 Å². The van der Waals surface area contributed by atoms with Crippen LogP contribution in [-0.2, 0) is 6.18 Å². The largest absolute Gasteiger partial charge is 0.433 e. The molecule has 1 aliphatic carbocycles. The molecule has 0 aliphatic heterocycles. The first-order valence-corrected chi connectivity index (χ1v) is 6.27. The van der Waals surface area contributed by atoms with Gasteiger partial charge in [0.2, 0.25) is 0 Å². The number of anilines is 1. The lowest BCUT2D eigenvalue weighted by atomic mass is 9.95. The number of hydrogen-bond acceptors (Lipinski definition) is 4. The molecule has 1 unspecified atom stereocenters. The van der Waals surface area contributed by atoms with Gasteiger partial charge < -0.3 is 11.1 Å². The van der Waals surface area contributed by atoms with Crippen molar-refractivity contribution in [1.29, 1.82) is 5.26 Å². The fourth-order valence-electron chi connectivity index (χ4n) is 2.11. The van der Waals surface area contributed by atoms with E-state index in [9.17, 15) is 13.2 Å². The topological polar surface area (TPSA) is 74.7 Å². The van der Waals surface area contributed by atoms with Crippen LogP contribution in [0.4, 0.5) is 19.0 Å². The van der Waals surface area contributed by atoms with Gasteiger partial charge in [0.1, 0.15) is 17.6 Å². The van der Waals surface area contributed by atoms with E-state index in [-0.39, 0.29) is 17.9 Å². The van der Waals surface area contributed by atoms with Crippen molar-refractivity contribution in [2.45, 2.75) is 31.5 Å². The summed E-state index contributed by atoms with van der Waals surface area (Å²) >= 11 is 0. The Hall–Kier alpha value is -1.81. The number of nitrogens with two attached hydrogens (primary N) is 1. The van der Waals surface area contributed by atoms with Crippen molar-refractivity contribution in [2.24, 2.45) is 11.7 Å². The Morgan fingerprint density at radius 1 is 1.45 bits per heavy atom. The van der Waals surface area contributed by atoms with E-state index in [1.165, 1.54) is 0 Å². The minimum Gasteiger partial charge on any atom is -0.362 e. The van der Waals surface area contributed by atoms with Gasteiger partial charge in [0, 0.05) is 6.54 Å². The molecular formula is C13H15F3N4. The Kier molecular flexibility index (Phi) is 3.61. The van der Waals surface area contributed by atoms with Crippen LogP contribution in [0.3, 0.4) is 0 Å². The van der Waals surface area contributed by atoms with Crippen molar-refractivity contribution in [3.63, 3.8) is 0 Å². The first kappa shape index (κ1) is 14.6. The van der Waals surface area contributed by atoms with Crippen molar-refractivity contribution < 1.29 is 13.2 Å². The highest BCUT2D eigenvalue weighted by molar-refractivity contribution is 5.54. The Balaban J connectivity index is 2.36. The minimum absolute atomic E-state index is 0.0535. The lowest BCUT2D eigenvalue weighted by Gasteiger charge is -2.30. The molecule has 0 radical (unpaired) electrons. The molecule has 3 N–H and O–H groups in total. The first-order valence-electron chi connectivity index (χ1n) is 6.27. The summed E-state index contributed by atoms with van der Waals surface area (Å²) in [5.74, 6) is 0.248. The molecule has 1 aromatic rings. The molecule has 0 spiro atoms. The fraction of sp³-hybridized carbons (Fsp3) is 0.538. The average Bonchev–Trinajstić information content (AvgIpc) is 3.22. The first-order chi connectivity index (χ1) is 9.30. The fourth-order valence-corrected chi connectivity index (χ4v) is 2.11. The van der Waals surface area contributed by atoms with E-state index in [1.54, 1.807) is 0 Å². The maximum Gasteiger partial charge on any atom is 0.433 e. The second-order valence-electron chi connectivity index (χ2n) is 5.22. The predicted octanol–water partition coefficient (Wildman–Crippen LogP) is 2.51. The van der Waals surface area contributed by atoms with Gasteiger partial charge in [-0.15, -0.1) is 0 Å². The SMILES string of the molecule is CC(CN)(Nc1nc(C(F)(F)F)ccc1C#N)C1CC1. The van der Waals surface area contributed by atoms with Gasteiger partial charge >= 0.3 is 6.18 Å². The second kappa shape index (κ2) is 4.94. The van der Waals surface area contributed by atoms with Gasteiger partial charge in [-0.25, -0.2) is 4.98 Å². The standard InChI is InChI=1S/C13H15F3N4/c1-12(7-18,9-3-4-9)20-11-8(6-17)2-5-10(19-11)13(14,15)16/h2,5,9H,3-4,7,18H2,1H3,(H,19,20). The second-order valence-corrected chi connectivity index (χ2v) is 5.22. The van der Waals surface area contributed by atoms with Gasteiger partial charge in [-0.05, 0) is 37.8 Å². The minimum atomic E-state index is -4.54. The van der Waals surface area contributed by atoms with Crippen molar-refractivity contribution >= 4 is 5.82 Å². The van der Waals surface area contributed by atoms with Crippen LogP contribution < -0.4 is 11.1 Å². The molecule has 0 saturated heterocycles. The van der Waals surface area contributed by atoms with E-state index in [2.05, 4.69) is 10.3 Å². The zero-order valence-corrected chi connectivity index (χ0v) is 11.0. The predicted molar refractivity (Wildman–Crippen MR) is 67.8 cm³/mol. The van der Waals surface area contributed by atoms with Crippen molar-refractivity contribution in [1.82, 2.24) is 4.98 Å². The lowest BCUT2D eigenvalue weighted by molar-refractivity contribution is -0.141. The summed E-state index contributed by atoms with van der Waals surface area (Å²) in [6, 6.07) is 3.78. The summed E-state index contributed by atoms with van der Waals surface area (Å²) in [4.78, 5) is 3.54. The van der Waals surface area contributed by atoms with E-state index in [4.69, 9.17) is 11.0 Å². The van der Waals surface area contributed by atoms with Crippen LogP contribution in [0.1, 0.15) is 31.0 Å². The van der Waals surface area contributed by atoms with E-state index >= 15 is 0 Å². The van der Waals surface area contributed by atoms with Crippen LogP contribution in [0, 0.1) is 17.2 Å². The van der Waals surface area contributed by atoms with Gasteiger partial charge in [0.05, 0.1) is 11.1 Å². The molecule has 1 fully saturated rings. The van der Waals surface area contributed by atoms with Crippen LogP contribution >= 0.6 is 0 Å². The summed E-state index contributed by atoms with van der Waals surface area (Å²) in [5, 5.41) is 11.9. The molecule has 1 aliphatic rings. The number of halogens is 3. The van der Waals surface area contributed by atoms with E-state index < -0.39 is 17.4 Å². The molecule has 1 heterocycles. The molecule has 1 atom stereocenters. The summed E-state index contributed by atoms with van der Waals surface area (Å²) < 4.78 is 38.1. The summed E-state index contributed by atoms with van der Waals surface area (Å²) in [6.07, 6.45) is -2.59. The Morgan fingerprint density at radius 3 is 2.55 bits per heavy atom. The number of rotatable bonds is 4. The number of hydrogen-bond donors (Lipinski definition) is 2. The van der Waals surface area contributed by atoms with Gasteiger partial charge in [0.25, 0.3) is 0 Å². The van der Waals surface area contributed by atoms with Gasteiger partial charge in [-0.3, -0.25) is 0 Å². The van der Waals surface area contributed by atoms with Crippen molar-refractivity contribution in [3.8, 4) is 6.07 Å². The van der Waals surface area contributed by atoms with Crippen molar-refractivity contribution in [3.05, 3.63) is 23.4 Å². The molecule has 20 heavy (non-hydrogen) atoms. The zero-order valence-electron chi connectivity index (χ0n) is 11.0. The third-order valence-electron chi connectivity index (χ3n) is 3.61. The maximum atomic E-state index is 12.7. The number of nitrogens with one attached hydrogen (secondary N) is 1. The highest BCUT2D eigenvalue weighted by atomic mass is 19.4. The summed E-state index contributed by atoms with van der Waals surface area (Å²) in [6.45, 7) is 2.11.